The fourth-order valence-corrected chi connectivity index (χ4v) is 7.53. The SMILES string of the molecule is Cc1nccn1C(=O)O[C@H]1CCC2C3CCC4CC(=O)C=C[C@]4(C)C3CC[C@@]21C. The van der Waals surface area contributed by atoms with Crippen LogP contribution in [-0.2, 0) is 9.53 Å². The second kappa shape index (κ2) is 6.55. The van der Waals surface area contributed by atoms with Crippen LogP contribution in [0.5, 0.6) is 0 Å². The predicted molar refractivity (Wildman–Crippen MR) is 109 cm³/mol. The topological polar surface area (TPSA) is 61.2 Å². The van der Waals surface area contributed by atoms with Crippen molar-refractivity contribution in [1.82, 2.24) is 9.55 Å². The van der Waals surface area contributed by atoms with E-state index in [2.05, 4.69) is 24.9 Å². The number of fused-ring (bicyclic) bond motifs is 5. The molecule has 0 N–H and O–H groups in total. The molecule has 0 spiro atoms. The first-order valence-corrected chi connectivity index (χ1v) is 11.3. The van der Waals surface area contributed by atoms with E-state index in [0.717, 1.165) is 32.1 Å². The Bertz CT molecular complexity index is 873. The Balaban J connectivity index is 1.37. The summed E-state index contributed by atoms with van der Waals surface area (Å²) in [7, 11) is 0. The van der Waals surface area contributed by atoms with Gasteiger partial charge >= 0.3 is 6.09 Å². The van der Waals surface area contributed by atoms with E-state index in [1.165, 1.54) is 17.4 Å². The van der Waals surface area contributed by atoms with Crippen molar-refractivity contribution >= 4 is 11.9 Å². The van der Waals surface area contributed by atoms with Crippen LogP contribution in [0.3, 0.4) is 0 Å². The minimum atomic E-state index is -0.293. The van der Waals surface area contributed by atoms with Gasteiger partial charge < -0.3 is 4.74 Å². The lowest BCUT2D eigenvalue weighted by Crippen LogP contribution is -2.53. The van der Waals surface area contributed by atoms with E-state index in [9.17, 15) is 9.59 Å². The fraction of sp³-hybridized carbons (Fsp3) is 0.708. The molecule has 4 aliphatic carbocycles. The van der Waals surface area contributed by atoms with E-state index < -0.39 is 0 Å². The van der Waals surface area contributed by atoms with E-state index in [4.69, 9.17) is 4.74 Å². The molecule has 0 aliphatic heterocycles. The highest BCUT2D eigenvalue weighted by atomic mass is 16.6. The summed E-state index contributed by atoms with van der Waals surface area (Å²) in [5.41, 5.74) is 0.212. The molecule has 0 saturated heterocycles. The van der Waals surface area contributed by atoms with Crippen LogP contribution < -0.4 is 0 Å². The van der Waals surface area contributed by atoms with Gasteiger partial charge in [0.25, 0.3) is 0 Å². The van der Waals surface area contributed by atoms with E-state index in [0.29, 0.717) is 35.3 Å². The average Bonchev–Trinajstić information content (AvgIpc) is 3.26. The van der Waals surface area contributed by atoms with Crippen LogP contribution in [-0.4, -0.2) is 27.5 Å². The summed E-state index contributed by atoms with van der Waals surface area (Å²) in [6.45, 7) is 6.58. The lowest BCUT2D eigenvalue weighted by Gasteiger charge is -2.58. The zero-order valence-electron chi connectivity index (χ0n) is 17.8. The van der Waals surface area contributed by atoms with Gasteiger partial charge in [0.15, 0.2) is 5.78 Å². The summed E-state index contributed by atoms with van der Waals surface area (Å²) < 4.78 is 7.57. The third-order valence-electron chi connectivity index (χ3n) is 9.22. The molecule has 5 rings (SSSR count). The van der Waals surface area contributed by atoms with Crippen molar-refractivity contribution in [2.45, 2.75) is 71.8 Å². The van der Waals surface area contributed by atoms with Crippen LogP contribution in [0, 0.1) is 41.4 Å². The minimum absolute atomic E-state index is 0.0169. The summed E-state index contributed by atoms with van der Waals surface area (Å²) >= 11 is 0. The van der Waals surface area contributed by atoms with Crippen molar-refractivity contribution in [2.75, 3.05) is 0 Å². The van der Waals surface area contributed by atoms with Crippen molar-refractivity contribution in [3.8, 4) is 0 Å². The number of ether oxygens (including phenoxy) is 1. The highest BCUT2D eigenvalue weighted by Gasteiger charge is 2.60. The molecule has 156 valence electrons. The maximum absolute atomic E-state index is 12.7. The van der Waals surface area contributed by atoms with Crippen molar-refractivity contribution in [3.05, 3.63) is 30.4 Å². The molecule has 0 bridgehead atoms. The van der Waals surface area contributed by atoms with Gasteiger partial charge in [0.2, 0.25) is 0 Å². The molecule has 5 heteroatoms. The van der Waals surface area contributed by atoms with Gasteiger partial charge in [0.1, 0.15) is 11.9 Å². The summed E-state index contributed by atoms with van der Waals surface area (Å²) in [6.07, 6.45) is 14.6. The van der Waals surface area contributed by atoms with Crippen molar-refractivity contribution < 1.29 is 14.3 Å². The van der Waals surface area contributed by atoms with Gasteiger partial charge in [-0.05, 0) is 80.6 Å². The van der Waals surface area contributed by atoms with Gasteiger partial charge in [-0.1, -0.05) is 19.9 Å². The quantitative estimate of drug-likeness (QED) is 0.675. The van der Waals surface area contributed by atoms with Crippen molar-refractivity contribution in [1.29, 1.82) is 0 Å². The number of hydrogen-bond donors (Lipinski definition) is 0. The normalized spacial score (nSPS) is 43.4. The maximum Gasteiger partial charge on any atom is 0.419 e. The molecular weight excluding hydrogens is 364 g/mol. The van der Waals surface area contributed by atoms with E-state index >= 15 is 0 Å². The van der Waals surface area contributed by atoms with Crippen LogP contribution in [0.2, 0.25) is 0 Å². The van der Waals surface area contributed by atoms with Gasteiger partial charge in [0, 0.05) is 24.2 Å². The number of aromatic nitrogens is 2. The Morgan fingerprint density at radius 3 is 2.76 bits per heavy atom. The van der Waals surface area contributed by atoms with Crippen LogP contribution in [0.4, 0.5) is 4.79 Å². The molecular formula is C24H32N2O3. The highest BCUT2D eigenvalue weighted by molar-refractivity contribution is 5.91. The van der Waals surface area contributed by atoms with Crippen LogP contribution >= 0.6 is 0 Å². The molecule has 7 atom stereocenters. The lowest BCUT2D eigenvalue weighted by atomic mass is 9.46. The second-order valence-corrected chi connectivity index (χ2v) is 10.4. The Morgan fingerprint density at radius 1 is 1.17 bits per heavy atom. The Hall–Kier alpha value is -1.91. The third kappa shape index (κ3) is 2.76. The first-order valence-electron chi connectivity index (χ1n) is 11.3. The molecule has 3 saturated carbocycles. The zero-order valence-corrected chi connectivity index (χ0v) is 17.8. The number of nitrogens with zero attached hydrogens (tertiary/aromatic N) is 2. The maximum atomic E-state index is 12.7. The van der Waals surface area contributed by atoms with Crippen molar-refractivity contribution in [3.63, 3.8) is 0 Å². The molecule has 0 aromatic carbocycles. The molecule has 1 aromatic rings. The molecule has 0 radical (unpaired) electrons. The monoisotopic (exact) mass is 396 g/mol. The number of aryl methyl sites for hydroxylation is 1. The fourth-order valence-electron chi connectivity index (χ4n) is 7.53. The largest absolute Gasteiger partial charge is 0.445 e. The average molecular weight is 397 g/mol. The zero-order chi connectivity index (χ0) is 20.4. The Morgan fingerprint density at radius 2 is 2.00 bits per heavy atom. The van der Waals surface area contributed by atoms with Gasteiger partial charge in [-0.25, -0.2) is 14.3 Å². The summed E-state index contributed by atoms with van der Waals surface area (Å²) in [6, 6.07) is 0. The van der Waals surface area contributed by atoms with Gasteiger partial charge in [-0.2, -0.15) is 0 Å². The van der Waals surface area contributed by atoms with Gasteiger partial charge in [0.05, 0.1) is 0 Å². The molecule has 0 amide bonds. The summed E-state index contributed by atoms with van der Waals surface area (Å²) in [4.78, 5) is 28.8. The number of carbonyl (C=O) groups excluding carboxylic acids is 2. The minimum Gasteiger partial charge on any atom is -0.445 e. The summed E-state index contributed by atoms with van der Waals surface area (Å²) in [5.74, 6) is 3.40. The summed E-state index contributed by atoms with van der Waals surface area (Å²) in [5, 5.41) is 0. The number of ketones is 1. The first kappa shape index (κ1) is 19.1. The molecule has 5 nitrogen and oxygen atoms in total. The molecule has 3 fully saturated rings. The molecule has 1 aromatic heterocycles. The third-order valence-corrected chi connectivity index (χ3v) is 9.22. The van der Waals surface area contributed by atoms with Crippen molar-refractivity contribution in [2.24, 2.45) is 34.5 Å². The smallest absolute Gasteiger partial charge is 0.419 e. The number of rotatable bonds is 1. The molecule has 4 unspecified atom stereocenters. The first-order chi connectivity index (χ1) is 13.8. The second-order valence-electron chi connectivity index (χ2n) is 10.4. The highest BCUT2D eigenvalue weighted by Crippen LogP contribution is 2.65. The Kier molecular flexibility index (Phi) is 4.31. The molecule has 4 aliphatic rings. The number of allylic oxidation sites excluding steroid dienone is 2. The number of imidazole rings is 1. The van der Waals surface area contributed by atoms with Crippen LogP contribution in [0.25, 0.3) is 0 Å². The van der Waals surface area contributed by atoms with Crippen LogP contribution in [0.15, 0.2) is 24.5 Å². The van der Waals surface area contributed by atoms with E-state index in [1.807, 2.05) is 13.0 Å². The lowest BCUT2D eigenvalue weighted by molar-refractivity contribution is -0.123. The standard InChI is InChI=1S/C24H32N2O3/c1-15-25-12-13-26(15)22(28)29-21-7-6-19-18-5-4-16-14-17(27)8-10-23(16,2)20(18)9-11-24(19,21)3/h8,10,12-13,16,18-21H,4-7,9,11,14H2,1-3H3/t16?,18?,19?,20?,21-,23-,24-/m0/s1. The van der Waals surface area contributed by atoms with Gasteiger partial charge in [-0.15, -0.1) is 0 Å². The predicted octanol–water partition coefficient (Wildman–Crippen LogP) is 4.93. The molecule has 29 heavy (non-hydrogen) atoms. The van der Waals surface area contributed by atoms with E-state index in [-0.39, 0.29) is 23.0 Å². The van der Waals surface area contributed by atoms with Gasteiger partial charge in [-0.3, -0.25) is 4.79 Å². The van der Waals surface area contributed by atoms with E-state index in [1.54, 1.807) is 12.4 Å². The molecule has 1 heterocycles. The Labute approximate surface area is 172 Å². The van der Waals surface area contributed by atoms with Crippen LogP contribution in [0.1, 0.15) is 64.6 Å². The number of hydrogen-bond acceptors (Lipinski definition) is 4. The number of carbonyl (C=O) groups is 2.